The van der Waals surface area contributed by atoms with Gasteiger partial charge in [0.05, 0.1) is 16.1 Å². The number of aromatic nitrogens is 1. The van der Waals surface area contributed by atoms with Crippen LogP contribution in [0, 0.1) is 0 Å². The number of rotatable bonds is 3. The maximum Gasteiger partial charge on any atom is 0.224 e. The van der Waals surface area contributed by atoms with Gasteiger partial charge in [-0.15, -0.1) is 11.3 Å². The second-order valence-corrected chi connectivity index (χ2v) is 5.77. The number of nitrogens with two attached hydrogens (primary N) is 1. The van der Waals surface area contributed by atoms with Gasteiger partial charge in [-0.25, -0.2) is 4.98 Å². The highest BCUT2D eigenvalue weighted by Crippen LogP contribution is 2.31. The van der Waals surface area contributed by atoms with Crippen molar-refractivity contribution >= 4 is 27.5 Å². The monoisotopic (exact) mass is 282 g/mol. The number of carbonyl (C=O) groups excluding carboxylic acids is 1. The fourth-order valence-electron chi connectivity index (χ4n) is 2.08. The molecule has 1 atom stereocenters. The van der Waals surface area contributed by atoms with Crippen molar-refractivity contribution in [3.63, 3.8) is 0 Å². The zero-order valence-electron chi connectivity index (χ0n) is 11.0. The molecule has 0 aliphatic heterocycles. The zero-order chi connectivity index (χ0) is 14.1. The summed E-state index contributed by atoms with van der Waals surface area (Å²) in [6, 6.07) is 16.0. The topological polar surface area (TPSA) is 56.0 Å². The molecule has 0 radical (unpaired) electrons. The minimum absolute atomic E-state index is 0.290. The molecule has 0 aliphatic rings. The van der Waals surface area contributed by atoms with Crippen LogP contribution in [-0.2, 0) is 4.79 Å². The summed E-state index contributed by atoms with van der Waals surface area (Å²) in [7, 11) is 0. The minimum Gasteiger partial charge on any atom is -0.369 e. The molecule has 1 heterocycles. The maximum atomic E-state index is 11.3. The van der Waals surface area contributed by atoms with Crippen molar-refractivity contribution in [2.24, 2.45) is 5.73 Å². The van der Waals surface area contributed by atoms with E-state index < -0.39 is 0 Å². The van der Waals surface area contributed by atoms with Crippen LogP contribution in [0.5, 0.6) is 0 Å². The summed E-state index contributed by atoms with van der Waals surface area (Å²) in [4.78, 5) is 15.9. The van der Waals surface area contributed by atoms with Gasteiger partial charge in [-0.05, 0) is 24.6 Å². The Bertz CT molecular complexity index is 765. The zero-order valence-corrected chi connectivity index (χ0v) is 11.9. The molecule has 3 nitrogen and oxygen atoms in total. The molecule has 0 aliphatic carbocycles. The van der Waals surface area contributed by atoms with Crippen molar-refractivity contribution in [2.75, 3.05) is 0 Å². The van der Waals surface area contributed by atoms with Gasteiger partial charge in [0.15, 0.2) is 0 Å². The third-order valence-electron chi connectivity index (χ3n) is 3.36. The van der Waals surface area contributed by atoms with Crippen molar-refractivity contribution in [2.45, 2.75) is 12.8 Å². The van der Waals surface area contributed by atoms with Crippen LogP contribution in [0.25, 0.3) is 20.8 Å². The van der Waals surface area contributed by atoms with E-state index in [1.165, 1.54) is 0 Å². The average molecular weight is 282 g/mol. The van der Waals surface area contributed by atoms with E-state index >= 15 is 0 Å². The molecule has 2 aromatic carbocycles. The van der Waals surface area contributed by atoms with Gasteiger partial charge in [-0.1, -0.05) is 36.4 Å². The van der Waals surface area contributed by atoms with Gasteiger partial charge in [0.1, 0.15) is 5.01 Å². The van der Waals surface area contributed by atoms with E-state index in [2.05, 4.69) is 4.98 Å². The number of thiazole rings is 1. The largest absolute Gasteiger partial charge is 0.369 e. The molecule has 3 aromatic rings. The van der Waals surface area contributed by atoms with E-state index in [9.17, 15) is 4.79 Å². The van der Waals surface area contributed by atoms with Crippen LogP contribution in [0.1, 0.15) is 18.4 Å². The Balaban J connectivity index is 2.06. The standard InChI is InChI=1S/C16H14N2OS/c1-10(15(17)19)12-7-8-14-13(9-12)18-16(20-14)11-5-3-2-4-6-11/h2-10H,1H3,(H2,17,19)/t10-/m1/s1. The number of hydrogen-bond acceptors (Lipinski definition) is 3. The molecule has 0 bridgehead atoms. The highest BCUT2D eigenvalue weighted by Gasteiger charge is 2.13. The van der Waals surface area contributed by atoms with Crippen LogP contribution in [-0.4, -0.2) is 10.9 Å². The predicted molar refractivity (Wildman–Crippen MR) is 82.7 cm³/mol. The highest BCUT2D eigenvalue weighted by molar-refractivity contribution is 7.21. The van der Waals surface area contributed by atoms with E-state index in [0.29, 0.717) is 0 Å². The molecule has 2 N–H and O–H groups in total. The molecule has 0 fully saturated rings. The van der Waals surface area contributed by atoms with Gasteiger partial charge in [0, 0.05) is 5.56 Å². The van der Waals surface area contributed by atoms with Crippen molar-refractivity contribution < 1.29 is 4.79 Å². The molecule has 0 unspecified atom stereocenters. The lowest BCUT2D eigenvalue weighted by Gasteiger charge is -2.06. The first-order chi connectivity index (χ1) is 9.65. The average Bonchev–Trinajstić information content (AvgIpc) is 2.90. The SMILES string of the molecule is C[C@@H](C(N)=O)c1ccc2sc(-c3ccccc3)nc2c1. The first kappa shape index (κ1) is 12.8. The Morgan fingerprint density at radius 2 is 1.95 bits per heavy atom. The molecule has 20 heavy (non-hydrogen) atoms. The third kappa shape index (κ3) is 2.30. The van der Waals surface area contributed by atoms with Crippen molar-refractivity contribution in [1.82, 2.24) is 4.98 Å². The lowest BCUT2D eigenvalue weighted by atomic mass is 10.0. The molecule has 0 saturated heterocycles. The van der Waals surface area contributed by atoms with Gasteiger partial charge < -0.3 is 5.73 Å². The van der Waals surface area contributed by atoms with Crippen LogP contribution in [0.15, 0.2) is 48.5 Å². The number of benzene rings is 2. The molecule has 1 aromatic heterocycles. The van der Waals surface area contributed by atoms with Crippen LogP contribution in [0.4, 0.5) is 0 Å². The van der Waals surface area contributed by atoms with Gasteiger partial charge in [-0.3, -0.25) is 4.79 Å². The molecule has 0 saturated carbocycles. The number of primary amides is 1. The number of fused-ring (bicyclic) bond motifs is 1. The lowest BCUT2D eigenvalue weighted by molar-refractivity contribution is -0.119. The van der Waals surface area contributed by atoms with Crippen molar-refractivity contribution in [3.8, 4) is 10.6 Å². The van der Waals surface area contributed by atoms with Gasteiger partial charge in [0.25, 0.3) is 0 Å². The summed E-state index contributed by atoms with van der Waals surface area (Å²) in [5.74, 6) is -0.607. The summed E-state index contributed by atoms with van der Waals surface area (Å²) in [6.07, 6.45) is 0. The Labute approximate surface area is 121 Å². The number of nitrogens with zero attached hydrogens (tertiary/aromatic N) is 1. The Morgan fingerprint density at radius 1 is 1.20 bits per heavy atom. The van der Waals surface area contributed by atoms with E-state index in [1.807, 2.05) is 55.5 Å². The lowest BCUT2D eigenvalue weighted by Crippen LogP contribution is -2.18. The maximum absolute atomic E-state index is 11.3. The number of hydrogen-bond donors (Lipinski definition) is 1. The molecule has 100 valence electrons. The van der Waals surface area contributed by atoms with Crippen LogP contribution in [0.3, 0.4) is 0 Å². The van der Waals surface area contributed by atoms with E-state index in [0.717, 1.165) is 26.4 Å². The highest BCUT2D eigenvalue weighted by atomic mass is 32.1. The number of carbonyl (C=O) groups is 1. The second-order valence-electron chi connectivity index (χ2n) is 4.74. The Kier molecular flexibility index (Phi) is 3.24. The summed E-state index contributed by atoms with van der Waals surface area (Å²) >= 11 is 1.65. The molecule has 4 heteroatoms. The Hall–Kier alpha value is -2.20. The van der Waals surface area contributed by atoms with Crippen LogP contribution < -0.4 is 5.73 Å². The summed E-state index contributed by atoms with van der Waals surface area (Å²) in [5.41, 5.74) is 8.29. The molecular weight excluding hydrogens is 268 g/mol. The summed E-state index contributed by atoms with van der Waals surface area (Å²) in [6.45, 7) is 1.81. The Morgan fingerprint density at radius 3 is 2.65 bits per heavy atom. The first-order valence-corrected chi connectivity index (χ1v) is 7.22. The molecule has 0 spiro atoms. The molecule has 1 amide bonds. The first-order valence-electron chi connectivity index (χ1n) is 6.40. The van der Waals surface area contributed by atoms with E-state index in [-0.39, 0.29) is 11.8 Å². The predicted octanol–water partition coefficient (Wildman–Crippen LogP) is 3.55. The number of amides is 1. The third-order valence-corrected chi connectivity index (χ3v) is 4.44. The van der Waals surface area contributed by atoms with Gasteiger partial charge in [-0.2, -0.15) is 0 Å². The summed E-state index contributed by atoms with van der Waals surface area (Å²) in [5, 5.41) is 0.990. The normalized spacial score (nSPS) is 12.4. The fourth-order valence-corrected chi connectivity index (χ4v) is 3.03. The minimum atomic E-state index is -0.317. The van der Waals surface area contributed by atoms with Gasteiger partial charge >= 0.3 is 0 Å². The van der Waals surface area contributed by atoms with E-state index in [4.69, 9.17) is 5.73 Å². The molecular formula is C16H14N2OS. The quantitative estimate of drug-likeness (QED) is 0.798. The van der Waals surface area contributed by atoms with Crippen molar-refractivity contribution in [1.29, 1.82) is 0 Å². The van der Waals surface area contributed by atoms with Crippen LogP contribution >= 0.6 is 11.3 Å². The summed E-state index contributed by atoms with van der Waals surface area (Å²) < 4.78 is 1.12. The fraction of sp³-hybridized carbons (Fsp3) is 0.125. The van der Waals surface area contributed by atoms with Crippen LogP contribution in [0.2, 0.25) is 0 Å². The molecule has 3 rings (SSSR count). The second kappa shape index (κ2) is 5.06. The van der Waals surface area contributed by atoms with Crippen molar-refractivity contribution in [3.05, 3.63) is 54.1 Å². The smallest absolute Gasteiger partial charge is 0.224 e. The van der Waals surface area contributed by atoms with Gasteiger partial charge in [0.2, 0.25) is 5.91 Å². The van der Waals surface area contributed by atoms with E-state index in [1.54, 1.807) is 11.3 Å².